The minimum atomic E-state index is -0.131. The first-order valence-electron chi connectivity index (χ1n) is 6.64. The Morgan fingerprint density at radius 2 is 2.16 bits per heavy atom. The molecule has 19 heavy (non-hydrogen) atoms. The summed E-state index contributed by atoms with van der Waals surface area (Å²) in [5.74, 6) is 0.742. The molecule has 2 N–H and O–H groups in total. The van der Waals surface area contributed by atoms with Gasteiger partial charge in [0, 0.05) is 24.1 Å². The Bertz CT molecular complexity index is 604. The van der Waals surface area contributed by atoms with E-state index in [0.717, 1.165) is 35.1 Å². The fourth-order valence-corrected chi connectivity index (χ4v) is 2.06. The number of unbranched alkanes of at least 4 members (excludes halogenated alkanes) is 1. The Morgan fingerprint density at radius 1 is 1.32 bits per heavy atom. The highest BCUT2D eigenvalue weighted by Crippen LogP contribution is 2.24. The maximum absolute atomic E-state index is 11.4. The van der Waals surface area contributed by atoms with Crippen molar-refractivity contribution in [3.8, 4) is 5.75 Å². The molecule has 0 saturated heterocycles. The number of aromatic nitrogens is 1. The van der Waals surface area contributed by atoms with E-state index in [9.17, 15) is 4.79 Å². The van der Waals surface area contributed by atoms with Gasteiger partial charge in [-0.15, -0.1) is 0 Å². The van der Waals surface area contributed by atoms with Crippen molar-refractivity contribution in [3.63, 3.8) is 0 Å². The van der Waals surface area contributed by atoms with E-state index in [-0.39, 0.29) is 12.2 Å². The normalized spacial score (nSPS) is 10.8. The maximum Gasteiger partial charge on any atom is 0.248 e. The number of fused-ring (bicyclic) bond motifs is 1. The lowest BCUT2D eigenvalue weighted by Crippen LogP contribution is -2.05. The van der Waals surface area contributed by atoms with Crippen LogP contribution in [0.15, 0.2) is 29.1 Å². The molecule has 0 aliphatic rings. The minimum Gasteiger partial charge on any atom is -0.494 e. The van der Waals surface area contributed by atoms with Gasteiger partial charge in [-0.1, -0.05) is 13.3 Å². The second-order valence-corrected chi connectivity index (χ2v) is 4.54. The number of benzene rings is 1. The molecule has 2 rings (SSSR count). The summed E-state index contributed by atoms with van der Waals surface area (Å²) < 4.78 is 5.68. The summed E-state index contributed by atoms with van der Waals surface area (Å²) in [5, 5.41) is 10.1. The Labute approximate surface area is 112 Å². The van der Waals surface area contributed by atoms with Crippen LogP contribution in [0.5, 0.6) is 5.75 Å². The van der Waals surface area contributed by atoms with Gasteiger partial charge in [0.05, 0.1) is 12.1 Å². The monoisotopic (exact) mass is 261 g/mol. The number of pyridine rings is 1. The number of rotatable bonds is 6. The molecule has 1 aromatic heterocycles. The van der Waals surface area contributed by atoms with Gasteiger partial charge < -0.3 is 14.8 Å². The first kappa shape index (κ1) is 13.6. The molecule has 0 fully saturated rings. The molecule has 1 aromatic carbocycles. The molecule has 0 saturated carbocycles. The third-order valence-electron chi connectivity index (χ3n) is 3.05. The van der Waals surface area contributed by atoms with E-state index in [4.69, 9.17) is 9.84 Å². The fourth-order valence-electron chi connectivity index (χ4n) is 2.06. The molecule has 0 radical (unpaired) electrons. The van der Waals surface area contributed by atoms with Gasteiger partial charge in [-0.05, 0) is 30.5 Å². The molecular weight excluding hydrogens is 242 g/mol. The van der Waals surface area contributed by atoms with E-state index in [0.29, 0.717) is 13.0 Å². The molecule has 0 amide bonds. The Morgan fingerprint density at radius 3 is 2.89 bits per heavy atom. The average Bonchev–Trinajstić information content (AvgIpc) is 2.39. The van der Waals surface area contributed by atoms with Crippen LogP contribution in [0.2, 0.25) is 0 Å². The molecule has 0 atom stereocenters. The van der Waals surface area contributed by atoms with Crippen molar-refractivity contribution in [2.24, 2.45) is 0 Å². The van der Waals surface area contributed by atoms with Crippen LogP contribution >= 0.6 is 0 Å². The SMILES string of the molecule is CCCCOc1cc(CCO)c2ccc(=O)[nH]c2c1. The zero-order valence-electron chi connectivity index (χ0n) is 11.1. The van der Waals surface area contributed by atoms with Gasteiger partial charge >= 0.3 is 0 Å². The van der Waals surface area contributed by atoms with E-state index in [1.165, 1.54) is 6.07 Å². The number of aliphatic hydroxyl groups is 1. The van der Waals surface area contributed by atoms with Crippen LogP contribution < -0.4 is 10.3 Å². The van der Waals surface area contributed by atoms with Crippen LogP contribution in [0.4, 0.5) is 0 Å². The van der Waals surface area contributed by atoms with E-state index in [1.807, 2.05) is 12.1 Å². The molecule has 4 nitrogen and oxygen atoms in total. The first-order chi connectivity index (χ1) is 9.24. The molecule has 4 heteroatoms. The fraction of sp³-hybridized carbons (Fsp3) is 0.400. The van der Waals surface area contributed by atoms with Crippen LogP contribution in [0.25, 0.3) is 10.9 Å². The third kappa shape index (κ3) is 3.35. The highest BCUT2D eigenvalue weighted by atomic mass is 16.5. The predicted molar refractivity (Wildman–Crippen MR) is 75.8 cm³/mol. The van der Waals surface area contributed by atoms with Crippen molar-refractivity contribution in [2.45, 2.75) is 26.2 Å². The van der Waals surface area contributed by atoms with Crippen LogP contribution in [-0.4, -0.2) is 23.3 Å². The van der Waals surface area contributed by atoms with Gasteiger partial charge in [0.15, 0.2) is 0 Å². The molecule has 0 aliphatic carbocycles. The van der Waals surface area contributed by atoms with Gasteiger partial charge in [0.2, 0.25) is 5.56 Å². The molecular formula is C15H19NO3. The summed E-state index contributed by atoms with van der Waals surface area (Å²) in [6.07, 6.45) is 2.63. The van der Waals surface area contributed by atoms with E-state index >= 15 is 0 Å². The predicted octanol–water partition coefficient (Wildman–Crippen LogP) is 2.24. The highest BCUT2D eigenvalue weighted by Gasteiger charge is 2.06. The lowest BCUT2D eigenvalue weighted by Gasteiger charge is -2.10. The zero-order valence-corrected chi connectivity index (χ0v) is 11.1. The van der Waals surface area contributed by atoms with E-state index < -0.39 is 0 Å². The van der Waals surface area contributed by atoms with E-state index in [2.05, 4.69) is 11.9 Å². The summed E-state index contributed by atoms with van der Waals surface area (Å²) >= 11 is 0. The molecule has 1 heterocycles. The van der Waals surface area contributed by atoms with Gasteiger partial charge in [-0.2, -0.15) is 0 Å². The number of hydrogen-bond acceptors (Lipinski definition) is 3. The Balaban J connectivity index is 2.40. The van der Waals surface area contributed by atoms with Crippen molar-refractivity contribution in [1.82, 2.24) is 4.98 Å². The molecule has 0 spiro atoms. The second kappa shape index (κ2) is 6.38. The van der Waals surface area contributed by atoms with Crippen molar-refractivity contribution >= 4 is 10.9 Å². The van der Waals surface area contributed by atoms with Gasteiger partial charge in [-0.3, -0.25) is 4.79 Å². The van der Waals surface area contributed by atoms with Crippen LogP contribution in [-0.2, 0) is 6.42 Å². The summed E-state index contributed by atoms with van der Waals surface area (Å²) in [6, 6.07) is 7.07. The van der Waals surface area contributed by atoms with Crippen molar-refractivity contribution < 1.29 is 9.84 Å². The quantitative estimate of drug-likeness (QED) is 0.784. The largest absolute Gasteiger partial charge is 0.494 e. The zero-order chi connectivity index (χ0) is 13.7. The summed E-state index contributed by atoms with van der Waals surface area (Å²) in [4.78, 5) is 14.2. The average molecular weight is 261 g/mol. The number of hydrogen-bond donors (Lipinski definition) is 2. The molecule has 102 valence electrons. The van der Waals surface area contributed by atoms with Crippen molar-refractivity contribution in [1.29, 1.82) is 0 Å². The maximum atomic E-state index is 11.4. The molecule has 0 aliphatic heterocycles. The molecule has 2 aromatic rings. The number of nitrogens with one attached hydrogen (secondary N) is 1. The molecule has 0 unspecified atom stereocenters. The van der Waals surface area contributed by atoms with Gasteiger partial charge in [0.25, 0.3) is 0 Å². The molecule has 0 bridgehead atoms. The van der Waals surface area contributed by atoms with Crippen LogP contribution in [0, 0.1) is 0 Å². The number of H-pyrrole nitrogens is 1. The Kier molecular flexibility index (Phi) is 4.58. The summed E-state index contributed by atoms with van der Waals surface area (Å²) in [7, 11) is 0. The van der Waals surface area contributed by atoms with Crippen molar-refractivity contribution in [3.05, 3.63) is 40.2 Å². The van der Waals surface area contributed by atoms with E-state index in [1.54, 1.807) is 6.07 Å². The van der Waals surface area contributed by atoms with Gasteiger partial charge in [-0.25, -0.2) is 0 Å². The lowest BCUT2D eigenvalue weighted by molar-refractivity contribution is 0.298. The van der Waals surface area contributed by atoms with Crippen molar-refractivity contribution in [2.75, 3.05) is 13.2 Å². The lowest BCUT2D eigenvalue weighted by atomic mass is 10.1. The summed E-state index contributed by atoms with van der Waals surface area (Å²) in [6.45, 7) is 2.85. The van der Waals surface area contributed by atoms with Crippen LogP contribution in [0.1, 0.15) is 25.3 Å². The smallest absolute Gasteiger partial charge is 0.248 e. The third-order valence-corrected chi connectivity index (χ3v) is 3.05. The number of ether oxygens (including phenoxy) is 1. The summed E-state index contributed by atoms with van der Waals surface area (Å²) in [5.41, 5.74) is 1.61. The number of aromatic amines is 1. The standard InChI is InChI=1S/C15H19NO3/c1-2-3-8-19-12-9-11(6-7-17)13-4-5-15(18)16-14(13)10-12/h4-5,9-10,17H,2-3,6-8H2,1H3,(H,16,18). The second-order valence-electron chi connectivity index (χ2n) is 4.54. The number of aliphatic hydroxyl groups excluding tert-OH is 1. The van der Waals surface area contributed by atoms with Gasteiger partial charge in [0.1, 0.15) is 5.75 Å². The highest BCUT2D eigenvalue weighted by molar-refractivity contribution is 5.83. The Hall–Kier alpha value is -1.81. The first-order valence-corrected chi connectivity index (χ1v) is 6.64. The minimum absolute atomic E-state index is 0.0760. The topological polar surface area (TPSA) is 62.3 Å². The van der Waals surface area contributed by atoms with Crippen LogP contribution in [0.3, 0.4) is 0 Å².